The Bertz CT molecular complexity index is 334. The van der Waals surface area contributed by atoms with E-state index < -0.39 is 0 Å². The number of aliphatic hydroxyl groups excluding tert-OH is 1. The molecule has 2 N–H and O–H groups in total. The summed E-state index contributed by atoms with van der Waals surface area (Å²) in [6, 6.07) is 8.47. The van der Waals surface area contributed by atoms with Crippen LogP contribution in [0.4, 0.5) is 0 Å². The van der Waals surface area contributed by atoms with E-state index in [1.807, 2.05) is 0 Å². The van der Waals surface area contributed by atoms with Crippen molar-refractivity contribution in [1.82, 2.24) is 5.32 Å². The number of aryl methyl sites for hydroxylation is 1. The molecule has 0 spiro atoms. The summed E-state index contributed by atoms with van der Waals surface area (Å²) in [5.74, 6) is 0. The van der Waals surface area contributed by atoms with Crippen LogP contribution in [0, 0.1) is 0 Å². The van der Waals surface area contributed by atoms with E-state index in [9.17, 15) is 5.11 Å². The number of hydrogen-bond acceptors (Lipinski definition) is 2. The summed E-state index contributed by atoms with van der Waals surface area (Å²) in [7, 11) is 0. The molecule has 0 aromatic heterocycles. The molecule has 0 saturated heterocycles. The predicted octanol–water partition coefficient (Wildman–Crippen LogP) is 4.23. The summed E-state index contributed by atoms with van der Waals surface area (Å²) in [6.45, 7) is 6.06. The van der Waals surface area contributed by atoms with Gasteiger partial charge >= 0.3 is 0 Å². The Hall–Kier alpha value is -0.860. The van der Waals surface area contributed by atoms with Crippen molar-refractivity contribution in [3.8, 4) is 0 Å². The van der Waals surface area contributed by atoms with Gasteiger partial charge in [-0.3, -0.25) is 0 Å². The molecule has 0 heterocycles. The van der Waals surface area contributed by atoms with Crippen LogP contribution in [0.5, 0.6) is 0 Å². The standard InChI is InChI=1S/C18H31NO/c1-3-5-7-8-9-16-10-12-17(13-11-16)18(20)15-19-14-6-4-2/h10-13,18-20H,3-9,14-15H2,1-2H3. The van der Waals surface area contributed by atoms with Crippen LogP contribution in [0.2, 0.25) is 0 Å². The number of rotatable bonds is 11. The third kappa shape index (κ3) is 7.06. The minimum Gasteiger partial charge on any atom is -0.387 e. The normalized spacial score (nSPS) is 12.6. The van der Waals surface area contributed by atoms with Crippen LogP contribution >= 0.6 is 0 Å². The smallest absolute Gasteiger partial charge is 0.0914 e. The summed E-state index contributed by atoms with van der Waals surface area (Å²) in [5.41, 5.74) is 2.40. The van der Waals surface area contributed by atoms with Gasteiger partial charge in [-0.25, -0.2) is 0 Å². The molecule has 0 radical (unpaired) electrons. The summed E-state index contributed by atoms with van der Waals surface area (Å²) in [5, 5.41) is 13.4. The van der Waals surface area contributed by atoms with Crippen LogP contribution in [-0.2, 0) is 6.42 Å². The average molecular weight is 277 g/mol. The van der Waals surface area contributed by atoms with Crippen molar-refractivity contribution in [3.05, 3.63) is 35.4 Å². The van der Waals surface area contributed by atoms with Gasteiger partial charge in [-0.15, -0.1) is 0 Å². The van der Waals surface area contributed by atoms with E-state index in [4.69, 9.17) is 0 Å². The monoisotopic (exact) mass is 277 g/mol. The first-order valence-corrected chi connectivity index (χ1v) is 8.25. The van der Waals surface area contributed by atoms with Gasteiger partial charge < -0.3 is 10.4 Å². The molecule has 1 aromatic rings. The highest BCUT2D eigenvalue weighted by atomic mass is 16.3. The Balaban J connectivity index is 2.29. The lowest BCUT2D eigenvalue weighted by molar-refractivity contribution is 0.175. The third-order valence-corrected chi connectivity index (χ3v) is 3.73. The van der Waals surface area contributed by atoms with Crippen molar-refractivity contribution in [2.75, 3.05) is 13.1 Å². The summed E-state index contributed by atoms with van der Waals surface area (Å²) < 4.78 is 0. The van der Waals surface area contributed by atoms with Gasteiger partial charge in [0, 0.05) is 6.54 Å². The van der Waals surface area contributed by atoms with Gasteiger partial charge in [0.2, 0.25) is 0 Å². The lowest BCUT2D eigenvalue weighted by Gasteiger charge is -2.12. The molecule has 114 valence electrons. The van der Waals surface area contributed by atoms with E-state index in [1.54, 1.807) is 0 Å². The molecule has 1 unspecified atom stereocenters. The van der Waals surface area contributed by atoms with Crippen molar-refractivity contribution in [3.63, 3.8) is 0 Å². The van der Waals surface area contributed by atoms with Crippen molar-refractivity contribution >= 4 is 0 Å². The second kappa shape index (κ2) is 10.9. The molecule has 1 rings (SSSR count). The Morgan fingerprint density at radius 3 is 2.30 bits per heavy atom. The van der Waals surface area contributed by atoms with Gasteiger partial charge in [-0.1, -0.05) is 63.8 Å². The molecular formula is C18H31NO. The minimum atomic E-state index is -0.388. The molecule has 2 heteroatoms. The van der Waals surface area contributed by atoms with E-state index in [-0.39, 0.29) is 6.10 Å². The quantitative estimate of drug-likeness (QED) is 0.593. The number of hydrogen-bond donors (Lipinski definition) is 2. The zero-order chi connectivity index (χ0) is 14.6. The second-order valence-electron chi connectivity index (χ2n) is 5.63. The van der Waals surface area contributed by atoms with Gasteiger partial charge in [-0.05, 0) is 36.9 Å². The predicted molar refractivity (Wildman–Crippen MR) is 87.0 cm³/mol. The van der Waals surface area contributed by atoms with Crippen molar-refractivity contribution in [2.45, 2.75) is 64.9 Å². The minimum absolute atomic E-state index is 0.388. The number of nitrogens with one attached hydrogen (secondary N) is 1. The Morgan fingerprint density at radius 1 is 0.950 bits per heavy atom. The highest BCUT2D eigenvalue weighted by Crippen LogP contribution is 2.15. The summed E-state index contributed by atoms with van der Waals surface area (Å²) in [4.78, 5) is 0. The van der Waals surface area contributed by atoms with Crippen molar-refractivity contribution < 1.29 is 5.11 Å². The molecule has 0 saturated carbocycles. The van der Waals surface area contributed by atoms with Crippen molar-refractivity contribution in [1.29, 1.82) is 0 Å². The number of benzene rings is 1. The summed E-state index contributed by atoms with van der Waals surface area (Å²) in [6.07, 6.45) is 8.35. The highest BCUT2D eigenvalue weighted by Gasteiger charge is 2.06. The molecule has 0 amide bonds. The summed E-state index contributed by atoms with van der Waals surface area (Å²) >= 11 is 0. The van der Waals surface area contributed by atoms with Crippen molar-refractivity contribution in [2.24, 2.45) is 0 Å². The van der Waals surface area contributed by atoms with Gasteiger partial charge in [0.05, 0.1) is 6.10 Å². The lowest BCUT2D eigenvalue weighted by atomic mass is 10.0. The molecular weight excluding hydrogens is 246 g/mol. The fourth-order valence-electron chi connectivity index (χ4n) is 2.32. The average Bonchev–Trinajstić information content (AvgIpc) is 2.48. The van der Waals surface area contributed by atoms with Gasteiger partial charge in [-0.2, -0.15) is 0 Å². The molecule has 0 bridgehead atoms. The number of aliphatic hydroxyl groups is 1. The fraction of sp³-hybridized carbons (Fsp3) is 0.667. The maximum absolute atomic E-state index is 10.1. The topological polar surface area (TPSA) is 32.3 Å². The molecule has 20 heavy (non-hydrogen) atoms. The SMILES string of the molecule is CCCCCCc1ccc(C(O)CNCCCC)cc1. The van der Waals surface area contributed by atoms with E-state index in [0.29, 0.717) is 6.54 Å². The van der Waals surface area contributed by atoms with Crippen LogP contribution in [0.1, 0.15) is 69.6 Å². The first-order chi connectivity index (χ1) is 9.77. The molecule has 0 aliphatic rings. The number of unbranched alkanes of at least 4 members (excludes halogenated alkanes) is 4. The van der Waals surface area contributed by atoms with Crippen LogP contribution in [0.3, 0.4) is 0 Å². The lowest BCUT2D eigenvalue weighted by Crippen LogP contribution is -2.22. The molecule has 2 nitrogen and oxygen atoms in total. The highest BCUT2D eigenvalue weighted by molar-refractivity contribution is 5.24. The molecule has 0 fully saturated rings. The van der Waals surface area contributed by atoms with E-state index in [1.165, 1.54) is 44.1 Å². The van der Waals surface area contributed by atoms with Gasteiger partial charge in [0.15, 0.2) is 0 Å². The Labute approximate surface area is 124 Å². The van der Waals surface area contributed by atoms with Crippen LogP contribution in [0.25, 0.3) is 0 Å². The van der Waals surface area contributed by atoms with Gasteiger partial charge in [0.1, 0.15) is 0 Å². The Kier molecular flexibility index (Phi) is 9.35. The van der Waals surface area contributed by atoms with Crippen LogP contribution in [0.15, 0.2) is 24.3 Å². The molecule has 1 aromatic carbocycles. The van der Waals surface area contributed by atoms with Crippen LogP contribution < -0.4 is 5.32 Å². The molecule has 1 atom stereocenters. The van der Waals surface area contributed by atoms with E-state index in [0.717, 1.165) is 18.5 Å². The first kappa shape index (κ1) is 17.2. The third-order valence-electron chi connectivity index (χ3n) is 3.73. The largest absolute Gasteiger partial charge is 0.387 e. The maximum Gasteiger partial charge on any atom is 0.0914 e. The maximum atomic E-state index is 10.1. The van der Waals surface area contributed by atoms with E-state index >= 15 is 0 Å². The molecule has 0 aliphatic carbocycles. The Morgan fingerprint density at radius 2 is 1.65 bits per heavy atom. The van der Waals surface area contributed by atoms with E-state index in [2.05, 4.69) is 43.4 Å². The molecule has 0 aliphatic heterocycles. The first-order valence-electron chi connectivity index (χ1n) is 8.25. The second-order valence-corrected chi connectivity index (χ2v) is 5.63. The van der Waals surface area contributed by atoms with Crippen LogP contribution in [-0.4, -0.2) is 18.2 Å². The fourth-order valence-corrected chi connectivity index (χ4v) is 2.32. The zero-order valence-electron chi connectivity index (χ0n) is 13.2. The van der Waals surface area contributed by atoms with Gasteiger partial charge in [0.25, 0.3) is 0 Å². The zero-order valence-corrected chi connectivity index (χ0v) is 13.2.